The first-order valence-electron chi connectivity index (χ1n) is 30.6. The summed E-state index contributed by atoms with van der Waals surface area (Å²) in [5.41, 5.74) is 1.80. The number of benzene rings is 2. The molecule has 1 unspecified atom stereocenters. The molecular weight excluding hydrogens is 1150 g/mol. The first-order valence-corrected chi connectivity index (χ1v) is 35.1. The number of phosphoric acid groups is 3. The van der Waals surface area contributed by atoms with Gasteiger partial charge in [0.1, 0.15) is 43.2 Å². The lowest BCUT2D eigenvalue weighted by molar-refractivity contribution is -0.215. The summed E-state index contributed by atoms with van der Waals surface area (Å²) in [4.78, 5) is 90.6. The number of hydrogen-bond donors (Lipinski definition) is 8. The molecule has 0 saturated heterocycles. The monoisotopic (exact) mass is 1250 g/mol. The highest BCUT2D eigenvalue weighted by molar-refractivity contribution is 7.48. The van der Waals surface area contributed by atoms with E-state index in [1.165, 1.54) is 89.9 Å². The number of aliphatic hydroxyl groups is 3. The van der Waals surface area contributed by atoms with Crippen LogP contribution >= 0.6 is 23.5 Å². The third kappa shape index (κ3) is 33.2. The van der Waals surface area contributed by atoms with E-state index >= 15 is 0 Å². The van der Waals surface area contributed by atoms with Gasteiger partial charge in [0.15, 0.2) is 5.78 Å². The van der Waals surface area contributed by atoms with Gasteiger partial charge in [-0.3, -0.25) is 41.8 Å². The van der Waals surface area contributed by atoms with Crippen LogP contribution in [0.3, 0.4) is 0 Å². The second-order valence-electron chi connectivity index (χ2n) is 21.7. The lowest BCUT2D eigenvalue weighted by Gasteiger charge is -2.44. The Morgan fingerprint density at radius 1 is 0.476 bits per heavy atom. The first-order chi connectivity index (χ1) is 40.1. The smallest absolute Gasteiger partial charge is 0.423 e. The van der Waals surface area contributed by atoms with Gasteiger partial charge in [-0.1, -0.05) is 223 Å². The molecule has 84 heavy (non-hydrogen) atoms. The number of carbonyl (C=O) groups is 4. The topological polar surface area (TPSA) is 338 Å². The molecule has 1 saturated carbocycles. The van der Waals surface area contributed by atoms with Gasteiger partial charge in [0.05, 0.1) is 6.61 Å². The van der Waals surface area contributed by atoms with Crippen molar-refractivity contribution in [1.29, 1.82) is 0 Å². The molecule has 22 nitrogen and oxygen atoms in total. The highest BCUT2D eigenvalue weighted by Crippen LogP contribution is 2.54. The van der Waals surface area contributed by atoms with Crippen molar-refractivity contribution in [2.45, 2.75) is 256 Å². The lowest BCUT2D eigenvalue weighted by Crippen LogP contribution is -2.65. The van der Waals surface area contributed by atoms with Crippen LogP contribution in [0.15, 0.2) is 54.6 Å². The van der Waals surface area contributed by atoms with Gasteiger partial charge >= 0.3 is 35.4 Å². The summed E-state index contributed by atoms with van der Waals surface area (Å²) >= 11 is 0. The van der Waals surface area contributed by atoms with E-state index in [4.69, 9.17) is 23.0 Å². The quantitative estimate of drug-likeness (QED) is 0.0100. The Morgan fingerprint density at radius 3 is 1.32 bits per heavy atom. The summed E-state index contributed by atoms with van der Waals surface area (Å²) in [6.07, 6.45) is 11.1. The predicted molar refractivity (Wildman–Crippen MR) is 315 cm³/mol. The van der Waals surface area contributed by atoms with Gasteiger partial charge < -0.3 is 49.7 Å². The van der Waals surface area contributed by atoms with Crippen molar-refractivity contribution in [3.05, 3.63) is 71.3 Å². The van der Waals surface area contributed by atoms with Crippen molar-refractivity contribution in [3.63, 3.8) is 0 Å². The molecule has 1 amide bonds. The van der Waals surface area contributed by atoms with Crippen LogP contribution in [0, 0.1) is 0 Å². The summed E-state index contributed by atoms with van der Waals surface area (Å²) in [6, 6.07) is 15.6. The van der Waals surface area contributed by atoms with Crippen molar-refractivity contribution in [1.82, 2.24) is 5.32 Å². The molecule has 25 heteroatoms. The Hall–Kier alpha value is -3.27. The molecule has 480 valence electrons. The molecule has 0 heterocycles. The number of phosphoric ester groups is 3. The molecule has 8 N–H and O–H groups in total. The van der Waals surface area contributed by atoms with Crippen LogP contribution in [0.4, 0.5) is 0 Å². The summed E-state index contributed by atoms with van der Waals surface area (Å²) in [7, 11) is -16.6. The second kappa shape index (κ2) is 42.6. The summed E-state index contributed by atoms with van der Waals surface area (Å²) in [5.74, 6) is -2.09. The molecule has 0 spiro atoms. The van der Waals surface area contributed by atoms with Crippen molar-refractivity contribution in [2.75, 3.05) is 19.8 Å². The predicted octanol–water partition coefficient (Wildman–Crippen LogP) is 11.3. The van der Waals surface area contributed by atoms with E-state index in [0.29, 0.717) is 30.4 Å². The Bertz CT molecular complexity index is 2240. The minimum absolute atomic E-state index is 0.0411. The molecule has 0 aromatic heterocycles. The van der Waals surface area contributed by atoms with Gasteiger partial charge in [-0.25, -0.2) is 13.7 Å². The van der Waals surface area contributed by atoms with Crippen LogP contribution in [0.2, 0.25) is 0 Å². The molecule has 1 fully saturated rings. The van der Waals surface area contributed by atoms with Crippen LogP contribution in [-0.2, 0) is 66.6 Å². The maximum Gasteiger partial charge on any atom is 0.475 e. The molecule has 2 aromatic carbocycles. The highest BCUT2D eigenvalue weighted by Gasteiger charge is 2.57. The minimum atomic E-state index is -5.69. The van der Waals surface area contributed by atoms with Gasteiger partial charge in [-0.2, -0.15) is 0 Å². The third-order valence-corrected chi connectivity index (χ3v) is 16.9. The zero-order chi connectivity index (χ0) is 61.6. The zero-order valence-corrected chi connectivity index (χ0v) is 52.2. The Labute approximate surface area is 497 Å². The summed E-state index contributed by atoms with van der Waals surface area (Å²) in [5, 5.41) is 36.1. The molecule has 0 aliphatic heterocycles. The number of ether oxygens (including phenoxy) is 2. The molecular formula is C59H98NO21P3. The van der Waals surface area contributed by atoms with Gasteiger partial charge in [-0.15, -0.1) is 0 Å². The van der Waals surface area contributed by atoms with E-state index < -0.39 is 91.5 Å². The number of ketones is 1. The number of rotatable bonds is 49. The number of unbranched alkanes of at least 4 members (excludes halogenated alkanes) is 24. The van der Waals surface area contributed by atoms with E-state index in [2.05, 4.69) is 28.2 Å². The average molecular weight is 1250 g/mol. The SMILES string of the molecule is CCCCCCCCCCCCCCCC(=O)OC(COP(=O)(OCCCNC(=O)CCc1ccc(C(=O)c2ccccc2)cc1)O[C@@H]1[C@H](O)[C@H](O)[C@@H](OP(=O)(O)O)[C@H](OP(=O)(O)O)[C@H]1O)OC(=O)CCCCCCCCCCCCCCC. The molecule has 0 bridgehead atoms. The largest absolute Gasteiger partial charge is 0.475 e. The fourth-order valence-corrected chi connectivity index (χ4v) is 12.3. The average Bonchev–Trinajstić information content (AvgIpc) is 1.45. The van der Waals surface area contributed by atoms with Crippen LogP contribution in [0.1, 0.15) is 228 Å². The van der Waals surface area contributed by atoms with E-state index in [9.17, 15) is 67.8 Å². The molecule has 0 radical (unpaired) electrons. The Morgan fingerprint density at radius 2 is 0.881 bits per heavy atom. The number of amides is 1. The van der Waals surface area contributed by atoms with Crippen LogP contribution in [0.5, 0.6) is 0 Å². The Kier molecular flexibility index (Phi) is 38.0. The fraction of sp³-hybridized carbons (Fsp3) is 0.729. The van der Waals surface area contributed by atoms with E-state index in [1.54, 1.807) is 48.5 Å². The first kappa shape index (κ1) is 75.0. The second-order valence-corrected chi connectivity index (χ2v) is 25.7. The van der Waals surface area contributed by atoms with Crippen LogP contribution in [-0.4, -0.2) is 121 Å². The van der Waals surface area contributed by atoms with Gasteiger partial charge in [0.2, 0.25) is 5.91 Å². The summed E-state index contributed by atoms with van der Waals surface area (Å²) in [6.45, 7) is 2.73. The molecule has 7 atom stereocenters. The number of aliphatic hydroxyl groups excluding tert-OH is 3. The standard InChI is InChI=1S/C59H98NO21P3/c1-3-5-7-9-11-13-15-17-19-21-23-25-30-35-50(62)77-52(78-51(63)36-31-26-24-22-20-18-16-14-12-10-8-6-4-2)45-76-84(74,81-57-54(65)55(66)58(79-82(68,69)70)59(56(57)67)80-83(71,72)73)75-44-32-43-60-49(61)42-39-46-37-40-48(41-38-46)53(64)47-33-28-27-29-34-47/h27-29,33-34,37-38,40-41,52,54-59,65-67H,3-26,30-32,35-36,39,42-45H2,1-2H3,(H,60,61)(H2,68,69,70)(H2,71,72,73)/t54-,55+,56+,57-,58-,59-,84?/m1/s1. The fourth-order valence-electron chi connectivity index (χ4n) is 9.73. The highest BCUT2D eigenvalue weighted by atomic mass is 31.2. The number of esters is 2. The van der Waals surface area contributed by atoms with Crippen molar-refractivity contribution < 1.29 is 99.9 Å². The van der Waals surface area contributed by atoms with E-state index in [1.807, 2.05) is 6.07 Å². The summed E-state index contributed by atoms with van der Waals surface area (Å²) < 4.78 is 75.2. The molecule has 3 rings (SSSR count). The maximum absolute atomic E-state index is 14.7. The van der Waals surface area contributed by atoms with Crippen molar-refractivity contribution >= 4 is 47.1 Å². The van der Waals surface area contributed by atoms with Gasteiger partial charge in [0, 0.05) is 36.9 Å². The minimum Gasteiger partial charge on any atom is -0.423 e. The van der Waals surface area contributed by atoms with Gasteiger partial charge in [-0.05, 0) is 31.2 Å². The molecule has 1 aliphatic carbocycles. The van der Waals surface area contributed by atoms with E-state index in [0.717, 1.165) is 69.8 Å². The molecule has 2 aromatic rings. The number of nitrogens with one attached hydrogen (secondary N) is 1. The Balaban J connectivity index is 1.71. The number of hydrogen-bond acceptors (Lipinski definition) is 17. The van der Waals surface area contributed by atoms with Crippen LogP contribution < -0.4 is 5.32 Å². The number of aryl methyl sites for hydroxylation is 1. The van der Waals surface area contributed by atoms with Crippen LogP contribution in [0.25, 0.3) is 0 Å². The van der Waals surface area contributed by atoms with E-state index in [-0.39, 0.29) is 43.9 Å². The van der Waals surface area contributed by atoms with Crippen molar-refractivity contribution in [3.8, 4) is 0 Å². The van der Waals surface area contributed by atoms with Gasteiger partial charge in [0.25, 0.3) is 6.29 Å². The zero-order valence-electron chi connectivity index (χ0n) is 49.5. The third-order valence-electron chi connectivity index (χ3n) is 14.4. The lowest BCUT2D eigenvalue weighted by atomic mass is 9.85. The maximum atomic E-state index is 14.7. The molecule has 1 aliphatic rings. The normalized spacial score (nSPS) is 19.0. The van der Waals surface area contributed by atoms with Crippen molar-refractivity contribution in [2.24, 2.45) is 0 Å². The number of carbonyl (C=O) groups excluding carboxylic acids is 4.